The van der Waals surface area contributed by atoms with Crippen molar-refractivity contribution in [2.45, 2.75) is 26.7 Å². The lowest BCUT2D eigenvalue weighted by molar-refractivity contribution is -0.119. The van der Waals surface area contributed by atoms with Crippen LogP contribution in [0, 0.1) is 6.92 Å². The van der Waals surface area contributed by atoms with Crippen LogP contribution in [0.4, 0.5) is 5.69 Å². The van der Waals surface area contributed by atoms with Crippen LogP contribution >= 0.6 is 0 Å². The highest BCUT2D eigenvalue weighted by atomic mass is 16.5. The van der Waals surface area contributed by atoms with Gasteiger partial charge in [-0.25, -0.2) is 9.48 Å². The number of nitrogens with zero attached hydrogens (tertiary/aromatic N) is 2. The van der Waals surface area contributed by atoms with E-state index < -0.39 is 18.5 Å². The average Bonchev–Trinajstić information content (AvgIpc) is 3.06. The van der Waals surface area contributed by atoms with Gasteiger partial charge in [0.1, 0.15) is 5.69 Å². The zero-order chi connectivity index (χ0) is 24.7. The number of methoxy groups -OCH3 is 1. The van der Waals surface area contributed by atoms with Gasteiger partial charge >= 0.3 is 5.97 Å². The van der Waals surface area contributed by atoms with Crippen LogP contribution < -0.4 is 20.3 Å². The molecule has 34 heavy (non-hydrogen) atoms. The first kappa shape index (κ1) is 24.6. The molecule has 1 heterocycles. The van der Waals surface area contributed by atoms with E-state index in [1.54, 1.807) is 42.9 Å². The summed E-state index contributed by atoms with van der Waals surface area (Å²) in [6.07, 6.45) is 1.90. The molecule has 0 atom stereocenters. The van der Waals surface area contributed by atoms with Crippen molar-refractivity contribution in [1.82, 2.24) is 9.36 Å². The fraction of sp³-hybridized carbons (Fsp3) is 0.320. The number of unbranched alkanes of at least 4 members (excludes halogenated alkanes) is 1. The van der Waals surface area contributed by atoms with Crippen molar-refractivity contribution in [3.05, 3.63) is 70.1 Å². The summed E-state index contributed by atoms with van der Waals surface area (Å²) in [6, 6.07) is 13.8. The summed E-state index contributed by atoms with van der Waals surface area (Å²) in [5.74, 6) is -0.387. The largest absolute Gasteiger partial charge is 0.493 e. The van der Waals surface area contributed by atoms with Gasteiger partial charge in [0, 0.05) is 7.05 Å². The number of hydrogen-bond acceptors (Lipinski definition) is 6. The number of para-hydroxylation sites is 1. The number of anilines is 1. The van der Waals surface area contributed by atoms with Gasteiger partial charge in [-0.05, 0) is 43.7 Å². The highest BCUT2D eigenvalue weighted by Gasteiger charge is 2.19. The minimum Gasteiger partial charge on any atom is -0.493 e. The molecule has 0 aliphatic rings. The fourth-order valence-corrected chi connectivity index (χ4v) is 3.34. The first-order valence-corrected chi connectivity index (χ1v) is 11.0. The van der Waals surface area contributed by atoms with Gasteiger partial charge in [-0.15, -0.1) is 0 Å². The van der Waals surface area contributed by atoms with Crippen LogP contribution in [0.5, 0.6) is 11.5 Å². The molecule has 1 N–H and O–H groups in total. The van der Waals surface area contributed by atoms with Crippen molar-refractivity contribution in [3.8, 4) is 17.2 Å². The number of aromatic nitrogens is 2. The SMILES string of the molecule is CCCCOc1ccc(C(=O)OCC(=O)Nc2c(C)n(C)n(-c3ccccc3)c2=O)cc1OC. The van der Waals surface area contributed by atoms with Gasteiger partial charge in [-0.1, -0.05) is 31.5 Å². The number of ether oxygens (including phenoxy) is 3. The predicted molar refractivity (Wildman–Crippen MR) is 128 cm³/mol. The summed E-state index contributed by atoms with van der Waals surface area (Å²) in [5, 5.41) is 2.56. The Balaban J connectivity index is 1.66. The second kappa shape index (κ2) is 11.2. The molecule has 0 saturated heterocycles. The van der Waals surface area contributed by atoms with Crippen molar-refractivity contribution < 1.29 is 23.8 Å². The lowest BCUT2D eigenvalue weighted by Gasteiger charge is -2.12. The molecule has 1 amide bonds. The molecule has 0 bridgehead atoms. The number of esters is 1. The molecular formula is C25H29N3O6. The molecule has 0 unspecified atom stereocenters. The fourth-order valence-electron chi connectivity index (χ4n) is 3.34. The number of benzene rings is 2. The molecule has 0 spiro atoms. The zero-order valence-corrected chi connectivity index (χ0v) is 19.8. The van der Waals surface area contributed by atoms with E-state index >= 15 is 0 Å². The molecule has 3 aromatic rings. The Hall–Kier alpha value is -4.01. The van der Waals surface area contributed by atoms with Gasteiger partial charge in [0.15, 0.2) is 18.1 Å². The predicted octanol–water partition coefficient (Wildman–Crippen LogP) is 3.47. The Morgan fingerprint density at radius 3 is 2.47 bits per heavy atom. The normalized spacial score (nSPS) is 10.6. The third kappa shape index (κ3) is 5.48. The summed E-state index contributed by atoms with van der Waals surface area (Å²) in [6.45, 7) is 3.78. The summed E-state index contributed by atoms with van der Waals surface area (Å²) < 4.78 is 19.2. The number of carbonyl (C=O) groups excluding carboxylic acids is 2. The van der Waals surface area contributed by atoms with E-state index in [0.29, 0.717) is 29.5 Å². The maximum Gasteiger partial charge on any atom is 0.338 e. The van der Waals surface area contributed by atoms with Gasteiger partial charge in [0.25, 0.3) is 11.5 Å². The van der Waals surface area contributed by atoms with E-state index in [1.807, 2.05) is 18.2 Å². The van der Waals surface area contributed by atoms with Crippen LogP contribution in [-0.2, 0) is 16.6 Å². The number of amides is 1. The number of carbonyl (C=O) groups is 2. The molecule has 2 aromatic carbocycles. The van der Waals surface area contributed by atoms with Crippen LogP contribution in [-0.4, -0.2) is 41.6 Å². The van der Waals surface area contributed by atoms with E-state index in [0.717, 1.165) is 12.8 Å². The number of nitrogens with one attached hydrogen (secondary N) is 1. The maximum atomic E-state index is 12.9. The van der Waals surface area contributed by atoms with E-state index in [9.17, 15) is 14.4 Å². The smallest absolute Gasteiger partial charge is 0.338 e. The molecule has 3 rings (SSSR count). The van der Waals surface area contributed by atoms with Crippen LogP contribution in [0.2, 0.25) is 0 Å². The molecule has 9 heteroatoms. The standard InChI is InChI=1S/C25H29N3O6/c1-5-6-14-33-20-13-12-18(15-21(20)32-4)25(31)34-16-22(29)26-23-17(2)27(3)28(24(23)30)19-10-8-7-9-11-19/h7-13,15H,5-6,14,16H2,1-4H3,(H,26,29). The van der Waals surface area contributed by atoms with E-state index in [1.165, 1.54) is 17.9 Å². The Morgan fingerprint density at radius 2 is 1.79 bits per heavy atom. The number of hydrogen-bond donors (Lipinski definition) is 1. The highest BCUT2D eigenvalue weighted by Crippen LogP contribution is 2.28. The Kier molecular flexibility index (Phi) is 8.13. The minimum absolute atomic E-state index is 0.127. The first-order chi connectivity index (χ1) is 16.4. The van der Waals surface area contributed by atoms with Crippen LogP contribution in [0.15, 0.2) is 53.3 Å². The second-order valence-electron chi connectivity index (χ2n) is 7.63. The molecule has 0 fully saturated rings. The quantitative estimate of drug-likeness (QED) is 0.362. The molecule has 0 saturated carbocycles. The summed E-state index contributed by atoms with van der Waals surface area (Å²) in [4.78, 5) is 37.8. The minimum atomic E-state index is -0.694. The van der Waals surface area contributed by atoms with Crippen LogP contribution in [0.3, 0.4) is 0 Å². The number of rotatable bonds is 10. The van der Waals surface area contributed by atoms with Gasteiger partial charge < -0.3 is 19.5 Å². The second-order valence-corrected chi connectivity index (χ2v) is 7.63. The summed E-state index contributed by atoms with van der Waals surface area (Å²) in [5.41, 5.74) is 1.20. The van der Waals surface area contributed by atoms with Gasteiger partial charge in [-0.2, -0.15) is 0 Å². The van der Waals surface area contributed by atoms with Gasteiger partial charge in [0.2, 0.25) is 0 Å². The lowest BCUT2D eigenvalue weighted by Crippen LogP contribution is -2.25. The van der Waals surface area contributed by atoms with Crippen molar-refractivity contribution in [1.29, 1.82) is 0 Å². The van der Waals surface area contributed by atoms with Gasteiger partial charge in [0.05, 0.1) is 30.7 Å². The van der Waals surface area contributed by atoms with E-state index in [2.05, 4.69) is 12.2 Å². The average molecular weight is 468 g/mol. The molecular weight excluding hydrogens is 438 g/mol. The summed E-state index contributed by atoms with van der Waals surface area (Å²) >= 11 is 0. The molecule has 180 valence electrons. The molecule has 0 aliphatic heterocycles. The molecule has 9 nitrogen and oxygen atoms in total. The summed E-state index contributed by atoms with van der Waals surface area (Å²) in [7, 11) is 3.21. The van der Waals surface area contributed by atoms with E-state index in [4.69, 9.17) is 14.2 Å². The first-order valence-electron chi connectivity index (χ1n) is 11.0. The maximum absolute atomic E-state index is 12.9. The zero-order valence-electron chi connectivity index (χ0n) is 19.8. The Morgan fingerprint density at radius 1 is 1.06 bits per heavy atom. The van der Waals surface area contributed by atoms with E-state index in [-0.39, 0.29) is 16.8 Å². The third-order valence-corrected chi connectivity index (χ3v) is 5.31. The van der Waals surface area contributed by atoms with Crippen molar-refractivity contribution in [3.63, 3.8) is 0 Å². The van der Waals surface area contributed by atoms with Crippen molar-refractivity contribution in [2.24, 2.45) is 7.05 Å². The molecule has 1 aromatic heterocycles. The third-order valence-electron chi connectivity index (χ3n) is 5.31. The van der Waals surface area contributed by atoms with Gasteiger partial charge in [-0.3, -0.25) is 14.3 Å². The van der Waals surface area contributed by atoms with Crippen molar-refractivity contribution >= 4 is 17.6 Å². The Labute approximate surface area is 197 Å². The molecule has 0 aliphatic carbocycles. The Bertz CT molecular complexity index is 1210. The van der Waals surface area contributed by atoms with Crippen LogP contribution in [0.1, 0.15) is 35.8 Å². The molecule has 0 radical (unpaired) electrons. The monoisotopic (exact) mass is 467 g/mol. The topological polar surface area (TPSA) is 101 Å². The lowest BCUT2D eigenvalue weighted by atomic mass is 10.2. The van der Waals surface area contributed by atoms with Crippen LogP contribution in [0.25, 0.3) is 5.69 Å². The van der Waals surface area contributed by atoms with Crippen molar-refractivity contribution in [2.75, 3.05) is 25.6 Å². The highest BCUT2D eigenvalue weighted by molar-refractivity contribution is 5.96.